The van der Waals surface area contributed by atoms with Crippen molar-refractivity contribution in [2.45, 2.75) is 18.7 Å². The number of hydrogen-bond acceptors (Lipinski definition) is 6. The molecule has 28 heavy (non-hydrogen) atoms. The third-order valence-electron chi connectivity index (χ3n) is 4.19. The summed E-state index contributed by atoms with van der Waals surface area (Å²) >= 11 is 10.3. The Morgan fingerprint density at radius 2 is 2.00 bits per heavy atom. The van der Waals surface area contributed by atoms with E-state index in [1.807, 2.05) is 12.1 Å². The summed E-state index contributed by atoms with van der Waals surface area (Å²) in [6, 6.07) is 7.22. The minimum atomic E-state index is -1.03. The molecule has 0 amide bonds. The van der Waals surface area contributed by atoms with Gasteiger partial charge >= 0.3 is 5.69 Å². The quantitative estimate of drug-likeness (QED) is 0.639. The van der Waals surface area contributed by atoms with Crippen molar-refractivity contribution in [1.29, 1.82) is 0 Å². The van der Waals surface area contributed by atoms with Crippen molar-refractivity contribution >= 4 is 30.3 Å². The summed E-state index contributed by atoms with van der Waals surface area (Å²) in [6.45, 7) is 1.03. The van der Waals surface area contributed by atoms with Gasteiger partial charge in [-0.3, -0.25) is 9.36 Å². The first kappa shape index (κ1) is 20.1. The molecular weight excluding hydrogens is 407 g/mol. The summed E-state index contributed by atoms with van der Waals surface area (Å²) in [5.41, 5.74) is -0.813. The van der Waals surface area contributed by atoms with Gasteiger partial charge in [0, 0.05) is 17.3 Å². The lowest BCUT2D eigenvalue weighted by atomic mass is 10.1. The number of rotatable bonds is 5. The molecule has 2 aromatic heterocycles. The van der Waals surface area contributed by atoms with Gasteiger partial charge in [-0.15, -0.1) is 0 Å². The van der Waals surface area contributed by atoms with E-state index in [0.29, 0.717) is 9.59 Å². The summed E-state index contributed by atoms with van der Waals surface area (Å²) in [5, 5.41) is 4.18. The first-order valence-corrected chi connectivity index (χ1v) is 9.07. The number of hydrogen-bond donors (Lipinski definition) is 1. The van der Waals surface area contributed by atoms with Crippen LogP contribution in [0.4, 0.5) is 4.39 Å². The molecule has 0 fully saturated rings. The van der Waals surface area contributed by atoms with Crippen molar-refractivity contribution < 1.29 is 8.91 Å². The van der Waals surface area contributed by atoms with Crippen LogP contribution in [0, 0.1) is 12.7 Å². The van der Waals surface area contributed by atoms with E-state index in [4.69, 9.17) is 16.1 Å². The maximum atomic E-state index is 13.9. The van der Waals surface area contributed by atoms with Crippen LogP contribution in [-0.2, 0) is 13.6 Å². The molecule has 1 unspecified atom stereocenters. The van der Waals surface area contributed by atoms with Crippen LogP contribution in [0.2, 0.25) is 5.02 Å². The number of thiol groups is 1. The molecule has 0 saturated heterocycles. The molecule has 10 heteroatoms. The fourth-order valence-electron chi connectivity index (χ4n) is 2.45. The highest BCUT2D eigenvalue weighted by Gasteiger charge is 2.16. The Morgan fingerprint density at radius 3 is 2.68 bits per heavy atom. The summed E-state index contributed by atoms with van der Waals surface area (Å²) < 4.78 is 20.8. The van der Waals surface area contributed by atoms with E-state index in [1.54, 1.807) is 24.3 Å². The molecule has 0 N–H and O–H groups in total. The second kappa shape index (κ2) is 8.15. The average molecular weight is 423 g/mol. The second-order valence-electron chi connectivity index (χ2n) is 6.03. The van der Waals surface area contributed by atoms with E-state index in [-0.39, 0.29) is 29.2 Å². The summed E-state index contributed by atoms with van der Waals surface area (Å²) in [4.78, 5) is 28.3. The number of nitrogens with zero attached hydrogens (tertiary/aromatic N) is 4. The zero-order valence-corrected chi connectivity index (χ0v) is 16.6. The third kappa shape index (κ3) is 4.10. The van der Waals surface area contributed by atoms with E-state index in [9.17, 15) is 14.0 Å². The number of halogens is 2. The van der Waals surface area contributed by atoms with Gasteiger partial charge in [0.25, 0.3) is 5.56 Å². The van der Waals surface area contributed by atoms with Crippen LogP contribution in [0.15, 0.2) is 44.5 Å². The molecular formula is C18H16ClFN4O3S. The minimum Gasteiger partial charge on any atom is -0.337 e. The van der Waals surface area contributed by atoms with Crippen molar-refractivity contribution in [3.63, 3.8) is 0 Å². The Balaban J connectivity index is 1.79. The van der Waals surface area contributed by atoms with Gasteiger partial charge in [0.05, 0.1) is 5.69 Å². The molecule has 3 aromatic rings. The number of benzene rings is 1. The maximum absolute atomic E-state index is 13.9. The Hall–Kier alpha value is -2.65. The highest BCUT2D eigenvalue weighted by molar-refractivity contribution is 7.80. The minimum absolute atomic E-state index is 0.00399. The van der Waals surface area contributed by atoms with Crippen molar-refractivity contribution in [2.24, 2.45) is 7.05 Å². The highest BCUT2D eigenvalue weighted by atomic mass is 35.5. The van der Waals surface area contributed by atoms with E-state index in [0.717, 1.165) is 10.1 Å². The molecule has 0 bridgehead atoms. The van der Waals surface area contributed by atoms with Crippen LogP contribution in [0.3, 0.4) is 0 Å². The van der Waals surface area contributed by atoms with Gasteiger partial charge in [-0.25, -0.2) is 9.36 Å². The standard InChI is InChI=1S/C18H16ClFN4O3S/c1-10-16(20)17(25)24(18(26)23(10)2)9-15-21-14(22-27-15)8-7-13(28)11-3-5-12(19)6-4-11/h3-8,13,28H,9H2,1-2H3/b8-7+. The van der Waals surface area contributed by atoms with Crippen LogP contribution in [0.1, 0.15) is 28.2 Å². The summed E-state index contributed by atoms with van der Waals surface area (Å²) in [6.07, 6.45) is 3.34. The molecule has 146 valence electrons. The van der Waals surface area contributed by atoms with E-state index >= 15 is 0 Å². The largest absolute Gasteiger partial charge is 0.337 e. The Morgan fingerprint density at radius 1 is 1.32 bits per heavy atom. The lowest BCUT2D eigenvalue weighted by Gasteiger charge is -2.08. The highest BCUT2D eigenvalue weighted by Crippen LogP contribution is 2.23. The fourth-order valence-corrected chi connectivity index (χ4v) is 2.84. The van der Waals surface area contributed by atoms with Gasteiger partial charge in [0.1, 0.15) is 6.54 Å². The molecule has 0 aliphatic heterocycles. The van der Waals surface area contributed by atoms with Crippen LogP contribution >= 0.6 is 24.2 Å². The topological polar surface area (TPSA) is 82.9 Å². The molecule has 0 radical (unpaired) electrons. The molecule has 0 saturated carbocycles. The number of aromatic nitrogens is 4. The molecule has 3 rings (SSSR count). The zero-order valence-electron chi connectivity index (χ0n) is 15.0. The fraction of sp³-hybridized carbons (Fsp3) is 0.222. The van der Waals surface area contributed by atoms with E-state index < -0.39 is 17.1 Å². The normalized spacial score (nSPS) is 12.6. The predicted molar refractivity (Wildman–Crippen MR) is 106 cm³/mol. The first-order chi connectivity index (χ1) is 13.3. The van der Waals surface area contributed by atoms with Gasteiger partial charge in [-0.1, -0.05) is 35.0 Å². The Bertz CT molecular complexity index is 1110. The van der Waals surface area contributed by atoms with Gasteiger partial charge < -0.3 is 4.52 Å². The smallest absolute Gasteiger partial charge is 0.331 e. The van der Waals surface area contributed by atoms with E-state index in [1.165, 1.54) is 14.0 Å². The van der Waals surface area contributed by atoms with Crippen LogP contribution in [-0.4, -0.2) is 19.3 Å². The SMILES string of the molecule is Cc1c(F)c(=O)n(Cc2nc(/C=C/C(S)c3ccc(Cl)cc3)no2)c(=O)n1C. The zero-order chi connectivity index (χ0) is 20.4. The van der Waals surface area contributed by atoms with Crippen molar-refractivity contribution in [1.82, 2.24) is 19.3 Å². The average Bonchev–Trinajstić information content (AvgIpc) is 3.14. The summed E-state index contributed by atoms with van der Waals surface area (Å²) in [5.74, 6) is -0.757. The first-order valence-electron chi connectivity index (χ1n) is 8.18. The lowest BCUT2D eigenvalue weighted by molar-refractivity contribution is 0.361. The second-order valence-corrected chi connectivity index (χ2v) is 7.03. The molecule has 1 aromatic carbocycles. The van der Waals surface area contributed by atoms with Gasteiger partial charge in [0.2, 0.25) is 11.7 Å². The van der Waals surface area contributed by atoms with Gasteiger partial charge in [-0.05, 0) is 30.7 Å². The Kier molecular flexibility index (Phi) is 5.85. The van der Waals surface area contributed by atoms with Crippen LogP contribution < -0.4 is 11.2 Å². The molecule has 2 heterocycles. The van der Waals surface area contributed by atoms with Crippen LogP contribution in [0.25, 0.3) is 6.08 Å². The van der Waals surface area contributed by atoms with Gasteiger partial charge in [-0.2, -0.15) is 22.0 Å². The van der Waals surface area contributed by atoms with Gasteiger partial charge in [0.15, 0.2) is 5.82 Å². The summed E-state index contributed by atoms with van der Waals surface area (Å²) in [7, 11) is 1.38. The molecule has 0 spiro atoms. The van der Waals surface area contributed by atoms with Crippen molar-refractivity contribution in [3.8, 4) is 0 Å². The van der Waals surface area contributed by atoms with Crippen molar-refractivity contribution in [3.05, 3.63) is 85.0 Å². The third-order valence-corrected chi connectivity index (χ3v) is 4.91. The molecule has 0 aliphatic rings. The van der Waals surface area contributed by atoms with Crippen molar-refractivity contribution in [2.75, 3.05) is 0 Å². The molecule has 1 atom stereocenters. The monoisotopic (exact) mass is 422 g/mol. The van der Waals surface area contributed by atoms with Crippen LogP contribution in [0.5, 0.6) is 0 Å². The predicted octanol–water partition coefficient (Wildman–Crippen LogP) is 2.76. The molecule has 7 nitrogen and oxygen atoms in total. The maximum Gasteiger partial charge on any atom is 0.331 e. The van der Waals surface area contributed by atoms with E-state index in [2.05, 4.69) is 22.8 Å². The molecule has 0 aliphatic carbocycles. The lowest BCUT2D eigenvalue weighted by Crippen LogP contribution is -2.42. The Labute approximate surface area is 169 Å².